The molecule has 2 aromatic heterocycles. The minimum absolute atomic E-state index is 0.0800. The number of carbonyl (C=O) groups is 3. The normalized spacial score (nSPS) is 24.1. The van der Waals surface area contributed by atoms with Crippen molar-refractivity contribution in [2.24, 2.45) is 23.2 Å². The van der Waals surface area contributed by atoms with Gasteiger partial charge >= 0.3 is 23.5 Å². The summed E-state index contributed by atoms with van der Waals surface area (Å²) in [5, 5.41) is 21.3. The Kier molecular flexibility index (Phi) is 9.22. The highest BCUT2D eigenvalue weighted by molar-refractivity contribution is 5.89. The van der Waals surface area contributed by atoms with Crippen LogP contribution in [-0.2, 0) is 23.8 Å². The Bertz CT molecular complexity index is 1740. The summed E-state index contributed by atoms with van der Waals surface area (Å²) in [6, 6.07) is 12.9. The molecule has 1 N–H and O–H groups in total. The zero-order chi connectivity index (χ0) is 34.1. The Morgan fingerprint density at radius 1 is 1.09 bits per heavy atom. The summed E-state index contributed by atoms with van der Waals surface area (Å²) in [6.45, 7) is 7.81. The molecule has 0 saturated heterocycles. The zero-order valence-corrected chi connectivity index (χ0v) is 26.7. The third kappa shape index (κ3) is 6.49. The second kappa shape index (κ2) is 13.0. The van der Waals surface area contributed by atoms with Gasteiger partial charge < -0.3 is 28.5 Å². The smallest absolute Gasteiger partial charge is 0.345 e. The molecule has 5 atom stereocenters. The molecule has 1 fully saturated rings. The first-order chi connectivity index (χ1) is 22.3. The van der Waals surface area contributed by atoms with Crippen LogP contribution in [0.25, 0.3) is 11.3 Å². The minimum Gasteiger partial charge on any atom is -0.482 e. The fraction of sp³-hybridized carbons (Fsp3) is 0.429. The molecular formula is C35H36N2O10. The molecule has 3 aromatic rings. The van der Waals surface area contributed by atoms with Gasteiger partial charge in [-0.2, -0.15) is 5.26 Å². The number of ether oxygens (including phenoxy) is 4. The molecule has 1 aliphatic carbocycles. The standard InChI is InChI=1S/C35H36N2O10/c1-19(38)43-17-24(18-44-20(2)39)25-13-28(46-32(41)22-10-8-21(15-36)9-11-22)35(5)31(34(25,3)4)30(40)29-27(47-35)14-26(45-33(29)42)23-7-6-12-37-16-23/h6-12,14,16,24-25,28,30-31,40H,13,17-18H2,1-5H3/t25-,28-,30-,31+,35+/m0/s1. The van der Waals surface area contributed by atoms with Gasteiger partial charge in [-0.25, -0.2) is 9.59 Å². The molecule has 1 saturated carbocycles. The second-order valence-corrected chi connectivity index (χ2v) is 12.7. The summed E-state index contributed by atoms with van der Waals surface area (Å²) in [5.74, 6) is -3.43. The van der Waals surface area contributed by atoms with Crippen LogP contribution >= 0.6 is 0 Å². The lowest BCUT2D eigenvalue weighted by atomic mass is 9.50. The number of nitriles is 1. The van der Waals surface area contributed by atoms with Crippen LogP contribution in [0.1, 0.15) is 68.6 Å². The molecule has 47 heavy (non-hydrogen) atoms. The quantitative estimate of drug-likeness (QED) is 0.271. The summed E-state index contributed by atoms with van der Waals surface area (Å²) in [6.07, 6.45) is 0.823. The van der Waals surface area contributed by atoms with Crippen molar-refractivity contribution in [3.63, 3.8) is 0 Å². The fourth-order valence-electron chi connectivity index (χ4n) is 7.25. The fourth-order valence-corrected chi connectivity index (χ4v) is 7.25. The number of benzene rings is 1. The Morgan fingerprint density at radius 2 is 1.74 bits per heavy atom. The number of rotatable bonds is 8. The summed E-state index contributed by atoms with van der Waals surface area (Å²) in [4.78, 5) is 54.8. The maximum atomic E-state index is 13.6. The van der Waals surface area contributed by atoms with Crippen molar-refractivity contribution in [3.8, 4) is 23.1 Å². The van der Waals surface area contributed by atoms with Gasteiger partial charge in [0, 0.05) is 49.7 Å². The number of hydrogen-bond acceptors (Lipinski definition) is 12. The van der Waals surface area contributed by atoms with Crippen molar-refractivity contribution < 1.29 is 42.9 Å². The van der Waals surface area contributed by atoms with Crippen molar-refractivity contribution in [2.75, 3.05) is 13.2 Å². The number of aliphatic hydroxyl groups is 1. The molecule has 0 radical (unpaired) electrons. The van der Waals surface area contributed by atoms with Crippen molar-refractivity contribution in [2.45, 2.75) is 58.8 Å². The average molecular weight is 645 g/mol. The van der Waals surface area contributed by atoms with Crippen LogP contribution < -0.4 is 10.4 Å². The average Bonchev–Trinajstić information content (AvgIpc) is 3.02. The maximum absolute atomic E-state index is 13.6. The van der Waals surface area contributed by atoms with E-state index in [0.717, 1.165) is 0 Å². The third-order valence-electron chi connectivity index (χ3n) is 9.39. The van der Waals surface area contributed by atoms with Gasteiger partial charge in [0.1, 0.15) is 28.8 Å². The van der Waals surface area contributed by atoms with E-state index < -0.39 is 64.5 Å². The second-order valence-electron chi connectivity index (χ2n) is 12.7. The van der Waals surface area contributed by atoms with E-state index in [1.54, 1.807) is 25.3 Å². The van der Waals surface area contributed by atoms with Crippen molar-refractivity contribution in [3.05, 3.63) is 82.0 Å². The summed E-state index contributed by atoms with van der Waals surface area (Å²) in [5.41, 5.74) is -2.07. The highest BCUT2D eigenvalue weighted by Gasteiger charge is 2.65. The van der Waals surface area contributed by atoms with Crippen molar-refractivity contribution in [1.29, 1.82) is 5.26 Å². The molecule has 1 aliphatic heterocycles. The van der Waals surface area contributed by atoms with Gasteiger partial charge in [0.15, 0.2) is 0 Å². The Balaban J connectivity index is 1.62. The molecule has 0 spiro atoms. The Morgan fingerprint density at radius 3 is 2.32 bits per heavy atom. The van der Waals surface area contributed by atoms with Crippen LogP contribution in [-0.4, -0.2) is 52.9 Å². The van der Waals surface area contributed by atoms with E-state index in [9.17, 15) is 29.5 Å². The van der Waals surface area contributed by atoms with Crippen LogP contribution in [0.4, 0.5) is 0 Å². The van der Waals surface area contributed by atoms with Gasteiger partial charge in [-0.1, -0.05) is 13.8 Å². The SMILES string of the molecule is CC(=O)OCC(COC(C)=O)[C@@H]1C[C@H](OC(=O)c2ccc(C#N)cc2)[C@@]2(C)Oc3cc(-c4cccnc4)oc(=O)c3[C@H](O)[C@@H]2C1(C)C. The lowest BCUT2D eigenvalue weighted by Crippen LogP contribution is -2.67. The first-order valence-electron chi connectivity index (χ1n) is 15.2. The number of aromatic nitrogens is 1. The summed E-state index contributed by atoms with van der Waals surface area (Å²) >= 11 is 0. The lowest BCUT2D eigenvalue weighted by molar-refractivity contribution is -0.225. The molecule has 0 bridgehead atoms. The van der Waals surface area contributed by atoms with E-state index in [-0.39, 0.29) is 42.3 Å². The summed E-state index contributed by atoms with van der Waals surface area (Å²) in [7, 11) is 0. The van der Waals surface area contributed by atoms with Gasteiger partial charge in [-0.15, -0.1) is 0 Å². The zero-order valence-electron chi connectivity index (χ0n) is 26.7. The highest BCUT2D eigenvalue weighted by atomic mass is 16.6. The van der Waals surface area contributed by atoms with Crippen LogP contribution in [0.5, 0.6) is 5.75 Å². The van der Waals surface area contributed by atoms with E-state index in [4.69, 9.17) is 23.4 Å². The van der Waals surface area contributed by atoms with Crippen LogP contribution in [0.3, 0.4) is 0 Å². The number of nitrogens with zero attached hydrogens (tertiary/aromatic N) is 2. The monoisotopic (exact) mass is 644 g/mol. The number of pyridine rings is 1. The van der Waals surface area contributed by atoms with E-state index in [1.165, 1.54) is 50.4 Å². The Labute approximate surface area is 271 Å². The molecule has 246 valence electrons. The topological polar surface area (TPSA) is 175 Å². The van der Waals surface area contributed by atoms with Gasteiger partial charge in [-0.3, -0.25) is 14.6 Å². The number of carbonyl (C=O) groups excluding carboxylic acids is 3. The molecule has 3 heterocycles. The predicted octanol–water partition coefficient (Wildman–Crippen LogP) is 4.39. The first-order valence-corrected chi connectivity index (χ1v) is 15.2. The number of hydrogen-bond donors (Lipinski definition) is 1. The molecular weight excluding hydrogens is 608 g/mol. The first kappa shape index (κ1) is 33.3. The minimum atomic E-state index is -1.43. The third-order valence-corrected chi connectivity index (χ3v) is 9.39. The lowest BCUT2D eigenvalue weighted by Gasteiger charge is -2.60. The number of aliphatic hydroxyl groups excluding tert-OH is 1. The largest absolute Gasteiger partial charge is 0.482 e. The molecule has 12 heteroatoms. The molecule has 0 unspecified atom stereocenters. The van der Waals surface area contributed by atoms with E-state index in [1.807, 2.05) is 19.9 Å². The molecule has 12 nitrogen and oxygen atoms in total. The van der Waals surface area contributed by atoms with Crippen molar-refractivity contribution in [1.82, 2.24) is 4.98 Å². The predicted molar refractivity (Wildman–Crippen MR) is 165 cm³/mol. The highest BCUT2D eigenvalue weighted by Crippen LogP contribution is 2.61. The number of fused-ring (bicyclic) bond motifs is 2. The van der Waals surface area contributed by atoms with Crippen molar-refractivity contribution >= 4 is 17.9 Å². The van der Waals surface area contributed by atoms with Gasteiger partial charge in [-0.05, 0) is 61.1 Å². The van der Waals surface area contributed by atoms with Crippen LogP contribution in [0, 0.1) is 34.5 Å². The molecule has 2 aliphatic rings. The van der Waals surface area contributed by atoms with E-state index >= 15 is 0 Å². The summed E-state index contributed by atoms with van der Waals surface area (Å²) < 4.78 is 29.2. The van der Waals surface area contributed by atoms with E-state index in [0.29, 0.717) is 11.1 Å². The van der Waals surface area contributed by atoms with Crippen LogP contribution in [0.15, 0.2) is 64.1 Å². The van der Waals surface area contributed by atoms with E-state index in [2.05, 4.69) is 4.98 Å². The Hall–Kier alpha value is -5.02. The van der Waals surface area contributed by atoms with Gasteiger partial charge in [0.2, 0.25) is 0 Å². The van der Waals surface area contributed by atoms with Gasteiger partial charge in [0.25, 0.3) is 0 Å². The molecule has 5 rings (SSSR count). The molecule has 0 amide bonds. The molecule has 1 aromatic carbocycles. The maximum Gasteiger partial charge on any atom is 0.345 e. The number of esters is 3. The van der Waals surface area contributed by atoms with Crippen LogP contribution in [0.2, 0.25) is 0 Å². The van der Waals surface area contributed by atoms with Gasteiger partial charge in [0.05, 0.1) is 36.5 Å².